The van der Waals surface area contributed by atoms with E-state index in [0.717, 1.165) is 56.5 Å². The molecular weight excluding hydrogens is 1010 g/mol. The van der Waals surface area contributed by atoms with Gasteiger partial charge in [0.2, 0.25) is 0 Å². The summed E-state index contributed by atoms with van der Waals surface area (Å²) in [7, 11) is 0. The van der Waals surface area contributed by atoms with Crippen LogP contribution in [0.15, 0.2) is 273 Å². The number of anilines is 6. The minimum Gasteiger partial charge on any atom is -0.310 e. The molecule has 1 aliphatic carbocycles. The van der Waals surface area contributed by atoms with Crippen LogP contribution in [0, 0.1) is 0 Å². The standard InChI is InChI=1S/C75H51N3S2/c1-75(2)65-28-14-9-23-55(65)56-40-37-52(43-66(56)75)77(51-35-33-49(34-36-51)48-19-5-3-6-20-48)68-30-16-11-25-58(68)57-24-10-15-29-67(57)76(50-21-7-4-8-22-50)53-38-41-59-63-46-64-61-27-13-18-32-72(61)80-74(64)47-70(63)78(69(59)44-53)54-39-42-62-60-26-12-17-31-71(60)79-73(62)45-54/h3-47H,1-2H3. The molecule has 80 heavy (non-hydrogen) atoms. The molecule has 378 valence electrons. The average molecular weight is 1060 g/mol. The first-order valence-corrected chi connectivity index (χ1v) is 29.1. The summed E-state index contributed by atoms with van der Waals surface area (Å²) in [5, 5.41) is 7.67. The highest BCUT2D eigenvalue weighted by molar-refractivity contribution is 7.26. The predicted molar refractivity (Wildman–Crippen MR) is 344 cm³/mol. The van der Waals surface area contributed by atoms with Crippen LogP contribution in [0.5, 0.6) is 0 Å². The molecule has 5 heteroatoms. The summed E-state index contributed by atoms with van der Waals surface area (Å²) in [6.45, 7) is 4.74. The predicted octanol–water partition coefficient (Wildman–Crippen LogP) is 22.1. The Hall–Kier alpha value is -9.52. The van der Waals surface area contributed by atoms with Crippen LogP contribution in [0.1, 0.15) is 25.0 Å². The van der Waals surface area contributed by atoms with Gasteiger partial charge in [-0.3, -0.25) is 0 Å². The van der Waals surface area contributed by atoms with Crippen LogP contribution < -0.4 is 9.80 Å². The number of rotatable bonds is 9. The molecule has 3 nitrogen and oxygen atoms in total. The SMILES string of the molecule is CC1(C)c2ccccc2-c2ccc(N(c3ccc(-c4ccccc4)cc3)c3ccccc3-c3ccccc3N(c3ccccc3)c3ccc4c5cc6c(cc5n(-c5ccc7c(c5)sc5ccccc57)c4c3)sc3ccccc36)cc21. The number of hydrogen-bond donors (Lipinski definition) is 0. The van der Waals surface area contributed by atoms with Crippen molar-refractivity contribution in [1.29, 1.82) is 0 Å². The van der Waals surface area contributed by atoms with Crippen molar-refractivity contribution in [1.82, 2.24) is 4.57 Å². The van der Waals surface area contributed by atoms with Gasteiger partial charge in [-0.25, -0.2) is 0 Å². The van der Waals surface area contributed by atoms with Crippen LogP contribution in [0.25, 0.3) is 101 Å². The van der Waals surface area contributed by atoms with Crippen LogP contribution in [-0.2, 0) is 5.41 Å². The minimum atomic E-state index is -0.171. The number of benzene rings is 12. The highest BCUT2D eigenvalue weighted by Gasteiger charge is 2.36. The molecule has 0 bridgehead atoms. The maximum atomic E-state index is 2.52. The molecule has 1 aliphatic rings. The van der Waals surface area contributed by atoms with Crippen molar-refractivity contribution in [3.05, 3.63) is 284 Å². The first-order chi connectivity index (χ1) is 39.4. The Morgan fingerprint density at radius 2 is 0.787 bits per heavy atom. The molecule has 15 aromatic rings. The van der Waals surface area contributed by atoms with Gasteiger partial charge >= 0.3 is 0 Å². The van der Waals surface area contributed by atoms with E-state index in [0.29, 0.717) is 0 Å². The molecule has 0 amide bonds. The first kappa shape index (κ1) is 46.6. The molecule has 3 aromatic heterocycles. The second-order valence-electron chi connectivity index (χ2n) is 21.6. The van der Waals surface area contributed by atoms with E-state index < -0.39 is 0 Å². The highest BCUT2D eigenvalue weighted by atomic mass is 32.1. The zero-order chi connectivity index (χ0) is 53.1. The van der Waals surface area contributed by atoms with Crippen LogP contribution in [0.2, 0.25) is 0 Å². The van der Waals surface area contributed by atoms with Gasteiger partial charge in [-0.05, 0) is 130 Å². The number of thiophene rings is 2. The minimum absolute atomic E-state index is 0.171. The summed E-state index contributed by atoms with van der Waals surface area (Å²) in [6, 6.07) is 101. The molecule has 0 atom stereocenters. The van der Waals surface area contributed by atoms with E-state index in [4.69, 9.17) is 0 Å². The van der Waals surface area contributed by atoms with E-state index in [1.165, 1.54) is 90.0 Å². The maximum Gasteiger partial charge on any atom is 0.0561 e. The van der Waals surface area contributed by atoms with Gasteiger partial charge in [0.05, 0.1) is 22.4 Å². The van der Waals surface area contributed by atoms with Crippen molar-refractivity contribution >= 4 is 119 Å². The van der Waals surface area contributed by atoms with Gasteiger partial charge in [0.15, 0.2) is 0 Å². The molecule has 0 unspecified atom stereocenters. The van der Waals surface area contributed by atoms with Crippen LogP contribution in [-0.4, -0.2) is 4.57 Å². The summed E-state index contributed by atoms with van der Waals surface area (Å²) < 4.78 is 7.71. The summed E-state index contributed by atoms with van der Waals surface area (Å²) in [5.41, 5.74) is 19.8. The van der Waals surface area contributed by atoms with Gasteiger partial charge < -0.3 is 14.4 Å². The molecule has 12 aromatic carbocycles. The van der Waals surface area contributed by atoms with Gasteiger partial charge in [0.1, 0.15) is 0 Å². The van der Waals surface area contributed by atoms with Crippen molar-refractivity contribution in [2.75, 3.05) is 9.80 Å². The topological polar surface area (TPSA) is 11.4 Å². The number of para-hydroxylation sites is 3. The summed E-state index contributed by atoms with van der Waals surface area (Å²) in [5.74, 6) is 0. The van der Waals surface area contributed by atoms with E-state index in [9.17, 15) is 0 Å². The first-order valence-electron chi connectivity index (χ1n) is 27.5. The quantitative estimate of drug-likeness (QED) is 0.143. The molecule has 0 saturated carbocycles. The van der Waals surface area contributed by atoms with Crippen molar-refractivity contribution in [2.45, 2.75) is 19.3 Å². The Bertz CT molecular complexity index is 4930. The van der Waals surface area contributed by atoms with Gasteiger partial charge in [0.25, 0.3) is 0 Å². The number of fused-ring (bicyclic) bond motifs is 12. The normalized spacial score (nSPS) is 12.7. The van der Waals surface area contributed by atoms with Crippen molar-refractivity contribution in [3.8, 4) is 39.1 Å². The summed E-state index contributed by atoms with van der Waals surface area (Å²) in [6.07, 6.45) is 0. The largest absolute Gasteiger partial charge is 0.310 e. The van der Waals surface area contributed by atoms with Gasteiger partial charge in [-0.2, -0.15) is 0 Å². The number of hydrogen-bond acceptors (Lipinski definition) is 4. The fraction of sp³-hybridized carbons (Fsp3) is 0.0400. The third-order valence-corrected chi connectivity index (χ3v) is 19.0. The van der Waals surface area contributed by atoms with Crippen LogP contribution >= 0.6 is 22.7 Å². The zero-order valence-electron chi connectivity index (χ0n) is 44.1. The Morgan fingerprint density at radius 3 is 1.50 bits per heavy atom. The van der Waals surface area contributed by atoms with Gasteiger partial charge in [-0.1, -0.05) is 190 Å². The third-order valence-electron chi connectivity index (χ3n) is 16.8. The summed E-state index contributed by atoms with van der Waals surface area (Å²) in [4.78, 5) is 4.93. The van der Waals surface area contributed by atoms with E-state index in [-0.39, 0.29) is 5.41 Å². The smallest absolute Gasteiger partial charge is 0.0561 e. The van der Waals surface area contributed by atoms with E-state index in [2.05, 4.69) is 301 Å². The molecule has 0 radical (unpaired) electrons. The Morgan fingerprint density at radius 1 is 0.300 bits per heavy atom. The van der Waals surface area contributed by atoms with Crippen molar-refractivity contribution in [2.24, 2.45) is 0 Å². The number of aromatic nitrogens is 1. The van der Waals surface area contributed by atoms with Crippen LogP contribution in [0.3, 0.4) is 0 Å². The monoisotopic (exact) mass is 1060 g/mol. The molecule has 0 saturated heterocycles. The number of nitrogens with zero attached hydrogens (tertiary/aromatic N) is 3. The fourth-order valence-electron chi connectivity index (χ4n) is 13.0. The molecular formula is C75H51N3S2. The summed E-state index contributed by atoms with van der Waals surface area (Å²) >= 11 is 3.75. The van der Waals surface area contributed by atoms with E-state index >= 15 is 0 Å². The second-order valence-corrected chi connectivity index (χ2v) is 23.8. The van der Waals surface area contributed by atoms with Gasteiger partial charge in [-0.15, -0.1) is 22.7 Å². The average Bonchev–Trinajstić information content (AvgIpc) is 4.35. The van der Waals surface area contributed by atoms with Gasteiger partial charge in [0, 0.05) is 96.1 Å². The molecule has 0 spiro atoms. The Labute approximate surface area is 472 Å². The lowest BCUT2D eigenvalue weighted by Gasteiger charge is -2.32. The zero-order valence-corrected chi connectivity index (χ0v) is 45.8. The van der Waals surface area contributed by atoms with E-state index in [1.807, 2.05) is 22.7 Å². The molecule has 0 N–H and O–H groups in total. The maximum absolute atomic E-state index is 2.52. The fourth-order valence-corrected chi connectivity index (χ4v) is 15.2. The molecule has 16 rings (SSSR count). The van der Waals surface area contributed by atoms with Crippen molar-refractivity contribution < 1.29 is 0 Å². The highest BCUT2D eigenvalue weighted by Crippen LogP contribution is 2.53. The second kappa shape index (κ2) is 18.3. The van der Waals surface area contributed by atoms with Crippen molar-refractivity contribution in [3.63, 3.8) is 0 Å². The lowest BCUT2D eigenvalue weighted by molar-refractivity contribution is 0.660. The Balaban J connectivity index is 0.900. The van der Waals surface area contributed by atoms with E-state index in [1.54, 1.807) is 0 Å². The Kier molecular flexibility index (Phi) is 10.6. The molecule has 0 aliphatic heterocycles. The molecule has 0 fully saturated rings. The lowest BCUT2D eigenvalue weighted by Crippen LogP contribution is -2.17. The lowest BCUT2D eigenvalue weighted by atomic mass is 9.82. The molecule has 3 heterocycles. The third kappa shape index (κ3) is 7.31. The van der Waals surface area contributed by atoms with Crippen LogP contribution in [0.4, 0.5) is 34.1 Å².